The van der Waals surface area contributed by atoms with Gasteiger partial charge in [-0.05, 0) is 54.6 Å². The topological polar surface area (TPSA) is 106 Å². The van der Waals surface area contributed by atoms with Crippen molar-refractivity contribution in [1.29, 1.82) is 0 Å². The Bertz CT molecular complexity index is 1160. The van der Waals surface area contributed by atoms with Crippen LogP contribution in [-0.2, 0) is 14.0 Å². The smallest absolute Gasteiger partial charge is 0.262 e. The molecular weight excluding hydrogens is 579 g/mol. The molecule has 3 heterocycles. The van der Waals surface area contributed by atoms with Crippen LogP contribution < -0.4 is 5.56 Å². The predicted octanol–water partition coefficient (Wildman–Crippen LogP) is 4.64. The van der Waals surface area contributed by atoms with E-state index in [-0.39, 0.29) is 35.0 Å². The van der Waals surface area contributed by atoms with Gasteiger partial charge in [0.2, 0.25) is 5.95 Å². The third kappa shape index (κ3) is 6.52. The monoisotopic (exact) mass is 616 g/mol. The highest BCUT2D eigenvalue weighted by Crippen LogP contribution is 2.39. The Morgan fingerprint density at radius 2 is 2.09 bits per heavy atom. The molecule has 2 aromatic heterocycles. The van der Waals surface area contributed by atoms with Gasteiger partial charge in [-0.1, -0.05) is 25.9 Å². The number of H-pyrrole nitrogens is 1. The molecule has 0 bridgehead atoms. The van der Waals surface area contributed by atoms with Gasteiger partial charge in [-0.2, -0.15) is 4.98 Å². The average molecular weight is 617 g/mol. The Kier molecular flexibility index (Phi) is 8.49. The van der Waals surface area contributed by atoms with E-state index in [0.29, 0.717) is 24.1 Å². The van der Waals surface area contributed by atoms with Gasteiger partial charge in [-0.3, -0.25) is 9.78 Å². The summed E-state index contributed by atoms with van der Waals surface area (Å²) in [5.74, 6) is 0.238. The zero-order chi connectivity index (χ0) is 26.1. The standard InChI is InChI=1S/C23H37IN6O4Si/c1-14(2)28-34-16-10-18(33-17(16)12-32-35(8,9)23(3,4)5)30-11-15(24)19-20(30)26-22(27-21(19)31)25-13-29(6)7/h11,13,16-18H,10,12H2,1-9H3,(H,26,27,31)/t16-,17-,18-/m1/s1. The van der Waals surface area contributed by atoms with Crippen LogP contribution in [-0.4, -0.2) is 72.7 Å². The summed E-state index contributed by atoms with van der Waals surface area (Å²) in [7, 11) is 1.73. The fraction of sp³-hybridized carbons (Fsp3) is 0.652. The van der Waals surface area contributed by atoms with Crippen molar-refractivity contribution in [1.82, 2.24) is 19.4 Å². The lowest BCUT2D eigenvalue weighted by Crippen LogP contribution is -2.44. The molecule has 1 aliphatic heterocycles. The maximum Gasteiger partial charge on any atom is 0.262 e. The quantitative estimate of drug-likeness (QED) is 0.152. The number of aromatic amines is 1. The fourth-order valence-corrected chi connectivity index (χ4v) is 5.16. The zero-order valence-corrected chi connectivity index (χ0v) is 25.2. The molecule has 0 unspecified atom stereocenters. The summed E-state index contributed by atoms with van der Waals surface area (Å²) in [6, 6.07) is 0. The summed E-state index contributed by atoms with van der Waals surface area (Å²) >= 11 is 2.15. The normalized spacial score (nSPS) is 21.1. The molecular formula is C23H37IN6O4Si. The highest BCUT2D eigenvalue weighted by Gasteiger charge is 2.43. The van der Waals surface area contributed by atoms with Crippen LogP contribution in [0.25, 0.3) is 11.0 Å². The van der Waals surface area contributed by atoms with E-state index in [2.05, 4.69) is 76.6 Å². The number of rotatable bonds is 8. The van der Waals surface area contributed by atoms with Crippen LogP contribution in [0, 0.1) is 3.57 Å². The highest BCUT2D eigenvalue weighted by molar-refractivity contribution is 14.1. The molecule has 1 aliphatic rings. The SMILES string of the molecule is CC(C)=NO[C@@H]1C[C@H](n2cc(I)c3c(=O)[nH]c(N=CN(C)C)nc32)O[C@@H]1CO[Si](C)(C)C(C)(C)C. The summed E-state index contributed by atoms with van der Waals surface area (Å²) in [6.07, 6.45) is 3.06. The van der Waals surface area contributed by atoms with E-state index in [1.165, 1.54) is 0 Å². The van der Waals surface area contributed by atoms with Crippen LogP contribution in [0.2, 0.25) is 18.1 Å². The van der Waals surface area contributed by atoms with E-state index in [4.69, 9.17) is 14.0 Å². The molecule has 1 saturated heterocycles. The van der Waals surface area contributed by atoms with Gasteiger partial charge in [0.1, 0.15) is 12.3 Å². The Morgan fingerprint density at radius 1 is 1.40 bits per heavy atom. The predicted molar refractivity (Wildman–Crippen MR) is 150 cm³/mol. The second-order valence-electron chi connectivity index (χ2n) is 10.8. The van der Waals surface area contributed by atoms with E-state index in [9.17, 15) is 4.79 Å². The second kappa shape index (κ2) is 10.7. The summed E-state index contributed by atoms with van der Waals surface area (Å²) in [4.78, 5) is 32.1. The Morgan fingerprint density at radius 3 is 2.69 bits per heavy atom. The molecule has 10 nitrogen and oxygen atoms in total. The van der Waals surface area contributed by atoms with Crippen LogP contribution in [0.5, 0.6) is 0 Å². The van der Waals surface area contributed by atoms with Gasteiger partial charge in [0.05, 0.1) is 24.0 Å². The lowest BCUT2D eigenvalue weighted by atomic mass is 10.2. The minimum Gasteiger partial charge on any atom is -0.414 e. The minimum absolute atomic E-state index is 0.0840. The number of hydrogen-bond acceptors (Lipinski definition) is 7. The maximum atomic E-state index is 12.8. The van der Waals surface area contributed by atoms with E-state index in [0.717, 1.165) is 9.28 Å². The zero-order valence-electron chi connectivity index (χ0n) is 22.0. The van der Waals surface area contributed by atoms with Gasteiger partial charge < -0.3 is 23.5 Å². The number of aromatic nitrogens is 3. The number of hydrogen-bond donors (Lipinski definition) is 1. The summed E-state index contributed by atoms with van der Waals surface area (Å²) in [5.41, 5.74) is 1.11. The largest absolute Gasteiger partial charge is 0.414 e. The number of nitrogens with zero attached hydrogens (tertiary/aromatic N) is 5. The van der Waals surface area contributed by atoms with Crippen molar-refractivity contribution >= 4 is 59.9 Å². The number of halogens is 1. The Labute approximate surface area is 221 Å². The molecule has 0 aliphatic carbocycles. The molecule has 0 saturated carbocycles. The van der Waals surface area contributed by atoms with Gasteiger partial charge in [0, 0.05) is 30.3 Å². The van der Waals surface area contributed by atoms with Crippen molar-refractivity contribution in [2.24, 2.45) is 10.1 Å². The van der Waals surface area contributed by atoms with E-state index >= 15 is 0 Å². The number of oxime groups is 1. The van der Waals surface area contributed by atoms with Crippen molar-refractivity contribution in [3.8, 4) is 0 Å². The third-order valence-electron chi connectivity index (χ3n) is 6.31. The third-order valence-corrected chi connectivity index (χ3v) is 11.6. The van der Waals surface area contributed by atoms with Crippen molar-refractivity contribution in [2.75, 3.05) is 20.7 Å². The van der Waals surface area contributed by atoms with Crippen LogP contribution in [0.15, 0.2) is 21.1 Å². The van der Waals surface area contributed by atoms with Crippen LogP contribution in [0.4, 0.5) is 5.95 Å². The number of nitrogens with one attached hydrogen (secondary N) is 1. The molecule has 3 atom stereocenters. The van der Waals surface area contributed by atoms with Gasteiger partial charge in [0.15, 0.2) is 20.1 Å². The van der Waals surface area contributed by atoms with Crippen molar-refractivity contribution in [2.45, 2.75) is 77.6 Å². The fourth-order valence-electron chi connectivity index (χ4n) is 3.36. The molecule has 0 spiro atoms. The van der Waals surface area contributed by atoms with Gasteiger partial charge in [-0.25, -0.2) is 4.99 Å². The van der Waals surface area contributed by atoms with Crippen LogP contribution in [0.1, 0.15) is 47.3 Å². The summed E-state index contributed by atoms with van der Waals surface area (Å²) in [6.45, 7) is 15.3. The Hall–Kier alpha value is -1.77. The number of fused-ring (bicyclic) bond motifs is 1. The first-order chi connectivity index (χ1) is 16.2. The molecule has 194 valence electrons. The molecule has 2 aromatic rings. The van der Waals surface area contributed by atoms with Gasteiger partial charge >= 0.3 is 0 Å². The van der Waals surface area contributed by atoms with E-state index in [1.54, 1.807) is 11.2 Å². The Balaban J connectivity index is 1.94. The molecule has 35 heavy (non-hydrogen) atoms. The van der Waals surface area contributed by atoms with E-state index < -0.39 is 8.32 Å². The first-order valence-electron chi connectivity index (χ1n) is 11.7. The lowest BCUT2D eigenvalue weighted by Gasteiger charge is -2.37. The molecule has 0 amide bonds. The lowest BCUT2D eigenvalue weighted by molar-refractivity contribution is -0.0571. The number of aliphatic imine (C=N–C) groups is 1. The molecule has 12 heteroatoms. The van der Waals surface area contributed by atoms with Crippen LogP contribution >= 0.6 is 22.6 Å². The molecule has 0 aromatic carbocycles. The second-order valence-corrected chi connectivity index (χ2v) is 16.8. The maximum absolute atomic E-state index is 12.8. The minimum atomic E-state index is -1.98. The highest BCUT2D eigenvalue weighted by atomic mass is 127. The van der Waals surface area contributed by atoms with E-state index in [1.807, 2.05) is 38.7 Å². The molecule has 1 fully saturated rings. The first-order valence-corrected chi connectivity index (χ1v) is 15.7. The van der Waals surface area contributed by atoms with Crippen LogP contribution in [0.3, 0.4) is 0 Å². The van der Waals surface area contributed by atoms with Crippen molar-refractivity contribution < 1.29 is 14.0 Å². The van der Waals surface area contributed by atoms with Crippen molar-refractivity contribution in [3.63, 3.8) is 0 Å². The average Bonchev–Trinajstić information content (AvgIpc) is 3.29. The van der Waals surface area contributed by atoms with Gasteiger partial charge in [0.25, 0.3) is 5.56 Å². The summed E-state index contributed by atoms with van der Waals surface area (Å²) in [5, 5.41) is 4.80. The molecule has 1 N–H and O–H groups in total. The van der Waals surface area contributed by atoms with Gasteiger partial charge in [-0.15, -0.1) is 0 Å². The van der Waals surface area contributed by atoms with Crippen molar-refractivity contribution in [3.05, 3.63) is 20.1 Å². The number of ether oxygens (including phenoxy) is 1. The summed E-state index contributed by atoms with van der Waals surface area (Å²) < 4.78 is 15.6. The molecule has 3 rings (SSSR count). The molecule has 0 radical (unpaired) electrons. The first kappa shape index (κ1) is 27.8.